The third-order valence-corrected chi connectivity index (χ3v) is 3.86. The number of benzene rings is 2. The average Bonchev–Trinajstić information content (AvgIpc) is 2.53. The molecule has 0 unspecified atom stereocenters. The molecule has 2 rings (SSSR count). The molecule has 2 aromatic carbocycles. The third-order valence-electron chi connectivity index (χ3n) is 3.86. The lowest BCUT2D eigenvalue weighted by atomic mass is 10.0. The fraction of sp³-hybridized carbons (Fsp3) is 0.278. The standard InChI is InChI=1S/C18H20N2O3/c1-4-16(14-8-5-12(2)6-9-14)19-18(21)15-10-7-13(3)17(11-15)20(22)23/h5-11,16H,4H2,1-3H3,(H,19,21)/t16-/m1/s1. The van der Waals surface area contributed by atoms with Gasteiger partial charge in [0.2, 0.25) is 0 Å². The summed E-state index contributed by atoms with van der Waals surface area (Å²) < 4.78 is 0. The first kappa shape index (κ1) is 16.7. The molecule has 0 aromatic heterocycles. The van der Waals surface area contributed by atoms with Crippen molar-refractivity contribution < 1.29 is 9.72 Å². The zero-order valence-electron chi connectivity index (χ0n) is 13.5. The fourth-order valence-corrected chi connectivity index (χ4v) is 2.41. The molecule has 23 heavy (non-hydrogen) atoms. The number of nitro benzene ring substituents is 1. The topological polar surface area (TPSA) is 72.2 Å². The zero-order chi connectivity index (χ0) is 17.0. The van der Waals surface area contributed by atoms with Crippen LogP contribution < -0.4 is 5.32 Å². The first-order valence-corrected chi connectivity index (χ1v) is 7.54. The second-order valence-corrected chi connectivity index (χ2v) is 5.60. The summed E-state index contributed by atoms with van der Waals surface area (Å²) in [5.41, 5.74) is 2.98. The molecule has 0 fully saturated rings. The Balaban J connectivity index is 2.21. The van der Waals surface area contributed by atoms with Crippen LogP contribution in [0.3, 0.4) is 0 Å². The number of rotatable bonds is 5. The molecule has 0 aliphatic rings. The highest BCUT2D eigenvalue weighted by atomic mass is 16.6. The summed E-state index contributed by atoms with van der Waals surface area (Å²) in [6, 6.07) is 12.4. The SMILES string of the molecule is CC[C@@H](NC(=O)c1ccc(C)c([N+](=O)[O-])c1)c1ccc(C)cc1. The van der Waals surface area contributed by atoms with Crippen LogP contribution >= 0.6 is 0 Å². The number of nitro groups is 1. The van der Waals surface area contributed by atoms with Crippen molar-refractivity contribution in [3.8, 4) is 0 Å². The number of nitrogens with one attached hydrogen (secondary N) is 1. The van der Waals surface area contributed by atoms with E-state index in [1.165, 1.54) is 6.07 Å². The first-order valence-electron chi connectivity index (χ1n) is 7.54. The van der Waals surface area contributed by atoms with Crippen LogP contribution in [0, 0.1) is 24.0 Å². The maximum atomic E-state index is 12.4. The summed E-state index contributed by atoms with van der Waals surface area (Å²) in [7, 11) is 0. The minimum Gasteiger partial charge on any atom is -0.345 e. The van der Waals surface area contributed by atoms with E-state index in [-0.39, 0.29) is 17.6 Å². The zero-order valence-corrected chi connectivity index (χ0v) is 13.5. The van der Waals surface area contributed by atoms with Gasteiger partial charge in [-0.25, -0.2) is 0 Å². The summed E-state index contributed by atoms with van der Waals surface area (Å²) in [6.07, 6.45) is 0.739. The lowest BCUT2D eigenvalue weighted by Gasteiger charge is -2.18. The molecule has 0 aliphatic carbocycles. The monoisotopic (exact) mass is 312 g/mol. The van der Waals surface area contributed by atoms with Crippen LogP contribution in [0.1, 0.15) is 46.4 Å². The minimum absolute atomic E-state index is 0.0407. The molecule has 1 N–H and O–H groups in total. The molecular formula is C18H20N2O3. The molecule has 0 saturated heterocycles. The Labute approximate surface area is 135 Å². The third kappa shape index (κ3) is 3.94. The fourth-order valence-electron chi connectivity index (χ4n) is 2.41. The van der Waals surface area contributed by atoms with Crippen molar-refractivity contribution in [1.29, 1.82) is 0 Å². The quantitative estimate of drug-likeness (QED) is 0.667. The highest BCUT2D eigenvalue weighted by Crippen LogP contribution is 2.21. The summed E-state index contributed by atoms with van der Waals surface area (Å²) in [4.78, 5) is 22.9. The highest BCUT2D eigenvalue weighted by Gasteiger charge is 2.18. The molecule has 120 valence electrons. The van der Waals surface area contributed by atoms with E-state index in [0.29, 0.717) is 11.1 Å². The van der Waals surface area contributed by atoms with Crippen LogP contribution in [-0.2, 0) is 0 Å². The predicted octanol–water partition coefficient (Wildman–Crippen LogP) is 4.09. The highest BCUT2D eigenvalue weighted by molar-refractivity contribution is 5.95. The van der Waals surface area contributed by atoms with Crippen LogP contribution in [0.5, 0.6) is 0 Å². The van der Waals surface area contributed by atoms with Crippen LogP contribution in [0.25, 0.3) is 0 Å². The van der Waals surface area contributed by atoms with Crippen molar-refractivity contribution in [3.63, 3.8) is 0 Å². The Morgan fingerprint density at radius 3 is 2.39 bits per heavy atom. The number of nitrogens with zero attached hydrogens (tertiary/aromatic N) is 1. The van der Waals surface area contributed by atoms with Gasteiger partial charge in [0.25, 0.3) is 11.6 Å². The Bertz CT molecular complexity index is 724. The molecule has 0 aliphatic heterocycles. The predicted molar refractivity (Wildman–Crippen MR) is 89.5 cm³/mol. The summed E-state index contributed by atoms with van der Waals surface area (Å²) in [6.45, 7) is 5.65. The van der Waals surface area contributed by atoms with Gasteiger partial charge >= 0.3 is 0 Å². The van der Waals surface area contributed by atoms with E-state index < -0.39 is 4.92 Å². The van der Waals surface area contributed by atoms with Gasteiger partial charge in [0, 0.05) is 17.2 Å². The van der Waals surface area contributed by atoms with Gasteiger partial charge in [-0.05, 0) is 31.9 Å². The van der Waals surface area contributed by atoms with Crippen LogP contribution in [0.15, 0.2) is 42.5 Å². The van der Waals surface area contributed by atoms with Crippen molar-refractivity contribution in [1.82, 2.24) is 5.32 Å². The summed E-state index contributed by atoms with van der Waals surface area (Å²) >= 11 is 0. The van der Waals surface area contributed by atoms with E-state index in [4.69, 9.17) is 0 Å². The lowest BCUT2D eigenvalue weighted by molar-refractivity contribution is -0.385. The lowest BCUT2D eigenvalue weighted by Crippen LogP contribution is -2.28. The second-order valence-electron chi connectivity index (χ2n) is 5.60. The molecule has 0 heterocycles. The van der Waals surface area contributed by atoms with E-state index in [2.05, 4.69) is 5.32 Å². The molecule has 5 nitrogen and oxygen atoms in total. The van der Waals surface area contributed by atoms with Gasteiger partial charge in [0.15, 0.2) is 0 Å². The van der Waals surface area contributed by atoms with E-state index in [1.54, 1.807) is 19.1 Å². The Hall–Kier alpha value is -2.69. The van der Waals surface area contributed by atoms with Gasteiger partial charge in [-0.1, -0.05) is 42.8 Å². The van der Waals surface area contributed by atoms with Crippen molar-refractivity contribution in [2.45, 2.75) is 33.2 Å². The molecule has 0 bridgehead atoms. The van der Waals surface area contributed by atoms with E-state index in [0.717, 1.165) is 17.5 Å². The van der Waals surface area contributed by atoms with Gasteiger partial charge < -0.3 is 5.32 Å². The molecule has 2 aromatic rings. The summed E-state index contributed by atoms with van der Waals surface area (Å²) in [5.74, 6) is -0.305. The number of hydrogen-bond donors (Lipinski definition) is 1. The number of hydrogen-bond acceptors (Lipinski definition) is 3. The van der Waals surface area contributed by atoms with Crippen LogP contribution in [-0.4, -0.2) is 10.8 Å². The van der Waals surface area contributed by atoms with Crippen LogP contribution in [0.2, 0.25) is 0 Å². The number of carbonyl (C=O) groups excluding carboxylic acids is 1. The van der Waals surface area contributed by atoms with Crippen molar-refractivity contribution >= 4 is 11.6 Å². The minimum atomic E-state index is -0.469. The smallest absolute Gasteiger partial charge is 0.273 e. The van der Waals surface area contributed by atoms with Crippen molar-refractivity contribution in [2.24, 2.45) is 0 Å². The van der Waals surface area contributed by atoms with Crippen molar-refractivity contribution in [2.75, 3.05) is 0 Å². The number of carbonyl (C=O) groups is 1. The molecule has 5 heteroatoms. The van der Waals surface area contributed by atoms with Gasteiger partial charge in [-0.2, -0.15) is 0 Å². The van der Waals surface area contributed by atoms with Crippen molar-refractivity contribution in [3.05, 3.63) is 74.8 Å². The molecular weight excluding hydrogens is 292 g/mol. The molecule has 1 atom stereocenters. The number of aryl methyl sites for hydroxylation is 2. The first-order chi connectivity index (χ1) is 10.9. The van der Waals surface area contributed by atoms with Gasteiger partial charge in [-0.3, -0.25) is 14.9 Å². The Kier molecular flexibility index (Phi) is 5.11. The van der Waals surface area contributed by atoms with Gasteiger partial charge in [0.1, 0.15) is 0 Å². The maximum Gasteiger partial charge on any atom is 0.273 e. The van der Waals surface area contributed by atoms with Gasteiger partial charge in [0.05, 0.1) is 11.0 Å². The van der Waals surface area contributed by atoms with E-state index >= 15 is 0 Å². The largest absolute Gasteiger partial charge is 0.345 e. The molecule has 1 amide bonds. The van der Waals surface area contributed by atoms with E-state index in [1.807, 2.05) is 38.1 Å². The average molecular weight is 312 g/mol. The Morgan fingerprint density at radius 2 is 1.83 bits per heavy atom. The normalized spacial score (nSPS) is 11.8. The molecule has 0 spiro atoms. The van der Waals surface area contributed by atoms with Crippen LogP contribution in [0.4, 0.5) is 5.69 Å². The Morgan fingerprint density at radius 1 is 1.17 bits per heavy atom. The second kappa shape index (κ2) is 7.05. The van der Waals surface area contributed by atoms with E-state index in [9.17, 15) is 14.9 Å². The van der Waals surface area contributed by atoms with Gasteiger partial charge in [-0.15, -0.1) is 0 Å². The molecule has 0 radical (unpaired) electrons. The maximum absolute atomic E-state index is 12.4. The summed E-state index contributed by atoms with van der Waals surface area (Å²) in [5, 5.41) is 13.9. The molecule has 0 saturated carbocycles. The number of amides is 1.